The predicted molar refractivity (Wildman–Crippen MR) is 99.4 cm³/mol. The van der Waals surface area contributed by atoms with Gasteiger partial charge in [-0.15, -0.1) is 0 Å². The Balaban J connectivity index is 1.50. The summed E-state index contributed by atoms with van der Waals surface area (Å²) in [6, 6.07) is 17.0. The molecule has 1 atom stereocenters. The molecule has 0 N–H and O–H groups in total. The van der Waals surface area contributed by atoms with Crippen LogP contribution in [-0.4, -0.2) is 43.5 Å². The molecule has 2 aliphatic heterocycles. The summed E-state index contributed by atoms with van der Waals surface area (Å²) in [6.45, 7) is 1.99. The second-order valence-corrected chi connectivity index (χ2v) is 7.20. The first-order chi connectivity index (χ1) is 12.6. The fourth-order valence-electron chi connectivity index (χ4n) is 4.06. The third kappa shape index (κ3) is 2.94. The normalized spacial score (nSPS) is 22.3. The smallest absolute Gasteiger partial charge is 0.254 e. The van der Waals surface area contributed by atoms with Crippen molar-refractivity contribution in [3.05, 3.63) is 60.2 Å². The maximum absolute atomic E-state index is 12.9. The van der Waals surface area contributed by atoms with Crippen molar-refractivity contribution in [2.75, 3.05) is 31.6 Å². The van der Waals surface area contributed by atoms with Crippen LogP contribution in [0.5, 0.6) is 5.75 Å². The molecule has 0 aliphatic carbocycles. The number of amides is 2. The quantitative estimate of drug-likeness (QED) is 0.855. The van der Waals surface area contributed by atoms with Crippen molar-refractivity contribution in [1.29, 1.82) is 0 Å². The molecule has 0 unspecified atom stereocenters. The summed E-state index contributed by atoms with van der Waals surface area (Å²) >= 11 is 0. The lowest BCUT2D eigenvalue weighted by atomic mass is 9.86. The molecule has 2 aromatic carbocycles. The van der Waals surface area contributed by atoms with Crippen molar-refractivity contribution in [3.63, 3.8) is 0 Å². The molecular formula is C21H22N2O3. The first kappa shape index (κ1) is 16.6. The molecule has 5 heteroatoms. The van der Waals surface area contributed by atoms with E-state index in [0.717, 1.165) is 12.1 Å². The van der Waals surface area contributed by atoms with Gasteiger partial charge in [0.1, 0.15) is 5.75 Å². The maximum Gasteiger partial charge on any atom is 0.254 e. The highest BCUT2D eigenvalue weighted by Gasteiger charge is 2.48. The molecule has 2 fully saturated rings. The third-order valence-corrected chi connectivity index (χ3v) is 5.43. The van der Waals surface area contributed by atoms with Crippen molar-refractivity contribution >= 4 is 17.5 Å². The minimum atomic E-state index is -0.137. The molecule has 0 aromatic heterocycles. The van der Waals surface area contributed by atoms with Crippen LogP contribution in [0.2, 0.25) is 0 Å². The van der Waals surface area contributed by atoms with Crippen molar-refractivity contribution < 1.29 is 14.3 Å². The maximum atomic E-state index is 12.9. The van der Waals surface area contributed by atoms with E-state index < -0.39 is 0 Å². The van der Waals surface area contributed by atoms with E-state index >= 15 is 0 Å². The van der Waals surface area contributed by atoms with Gasteiger partial charge in [-0.1, -0.05) is 24.3 Å². The van der Waals surface area contributed by atoms with Crippen molar-refractivity contribution in [2.24, 2.45) is 5.41 Å². The van der Waals surface area contributed by atoms with Gasteiger partial charge < -0.3 is 14.5 Å². The number of benzene rings is 2. The predicted octanol–water partition coefficient (Wildman–Crippen LogP) is 2.96. The van der Waals surface area contributed by atoms with Gasteiger partial charge in [0, 0.05) is 42.7 Å². The topological polar surface area (TPSA) is 49.9 Å². The Morgan fingerprint density at radius 1 is 1.08 bits per heavy atom. The van der Waals surface area contributed by atoms with Crippen LogP contribution >= 0.6 is 0 Å². The molecule has 5 nitrogen and oxygen atoms in total. The lowest BCUT2D eigenvalue weighted by Gasteiger charge is -2.24. The second kappa shape index (κ2) is 6.48. The summed E-state index contributed by atoms with van der Waals surface area (Å²) in [5, 5.41) is 0. The summed E-state index contributed by atoms with van der Waals surface area (Å²) in [4.78, 5) is 29.2. The number of hydrogen-bond donors (Lipinski definition) is 0. The fraction of sp³-hybridized carbons (Fsp3) is 0.333. The van der Waals surface area contributed by atoms with Crippen LogP contribution in [0.15, 0.2) is 54.6 Å². The Kier molecular flexibility index (Phi) is 4.15. The number of nitrogens with zero attached hydrogens (tertiary/aromatic N) is 2. The van der Waals surface area contributed by atoms with Gasteiger partial charge in [-0.25, -0.2) is 0 Å². The van der Waals surface area contributed by atoms with Gasteiger partial charge in [0.15, 0.2) is 0 Å². The van der Waals surface area contributed by atoms with Gasteiger partial charge in [0.2, 0.25) is 5.91 Å². The number of ether oxygens (including phenoxy) is 1. The van der Waals surface area contributed by atoms with Gasteiger partial charge in [0.25, 0.3) is 5.91 Å². The van der Waals surface area contributed by atoms with E-state index in [0.29, 0.717) is 37.4 Å². The number of hydrogen-bond acceptors (Lipinski definition) is 3. The van der Waals surface area contributed by atoms with E-state index in [1.807, 2.05) is 58.3 Å². The molecule has 2 aromatic rings. The molecule has 4 rings (SSSR count). The van der Waals surface area contributed by atoms with Gasteiger partial charge in [-0.05, 0) is 36.8 Å². The van der Waals surface area contributed by atoms with Gasteiger partial charge in [-0.2, -0.15) is 0 Å². The first-order valence-electron chi connectivity index (χ1n) is 8.89. The number of rotatable bonds is 3. The van der Waals surface area contributed by atoms with Crippen molar-refractivity contribution in [2.45, 2.75) is 12.8 Å². The van der Waals surface area contributed by atoms with Crippen molar-refractivity contribution in [3.8, 4) is 5.75 Å². The average Bonchev–Trinajstić information content (AvgIpc) is 3.24. The zero-order valence-electron chi connectivity index (χ0n) is 14.9. The number of carbonyl (C=O) groups excluding carboxylic acids is 2. The van der Waals surface area contributed by atoms with Gasteiger partial charge >= 0.3 is 0 Å². The lowest BCUT2D eigenvalue weighted by Crippen LogP contribution is -2.34. The second-order valence-electron chi connectivity index (χ2n) is 7.20. The van der Waals surface area contributed by atoms with Gasteiger partial charge in [0.05, 0.1) is 7.11 Å². The Morgan fingerprint density at radius 2 is 1.88 bits per heavy atom. The Morgan fingerprint density at radius 3 is 2.65 bits per heavy atom. The molecule has 26 heavy (non-hydrogen) atoms. The SMILES string of the molecule is COc1cccc(C(=O)N2CC[C@@]3(CC(=O)N(c4ccccc4)C3)C2)c1. The van der Waals surface area contributed by atoms with E-state index in [-0.39, 0.29) is 17.2 Å². The summed E-state index contributed by atoms with van der Waals surface area (Å²) in [5.74, 6) is 0.828. The minimum absolute atomic E-state index is 0.00591. The Bertz CT molecular complexity index is 836. The monoisotopic (exact) mass is 350 g/mol. The number of anilines is 1. The third-order valence-electron chi connectivity index (χ3n) is 5.43. The van der Waals surface area contributed by atoms with Crippen LogP contribution in [0.4, 0.5) is 5.69 Å². The highest BCUT2D eigenvalue weighted by molar-refractivity contribution is 5.97. The number of methoxy groups -OCH3 is 1. The highest BCUT2D eigenvalue weighted by atomic mass is 16.5. The van der Waals surface area contributed by atoms with E-state index in [2.05, 4.69) is 0 Å². The fourth-order valence-corrected chi connectivity index (χ4v) is 4.06. The molecule has 134 valence electrons. The summed E-state index contributed by atoms with van der Waals surface area (Å²) < 4.78 is 5.22. The molecular weight excluding hydrogens is 328 g/mol. The minimum Gasteiger partial charge on any atom is -0.497 e. The van der Waals surface area contributed by atoms with E-state index in [1.165, 1.54) is 0 Å². The molecule has 2 aliphatic rings. The number of para-hydroxylation sites is 1. The molecule has 2 heterocycles. The van der Waals surface area contributed by atoms with Crippen LogP contribution in [0.3, 0.4) is 0 Å². The van der Waals surface area contributed by atoms with Crippen LogP contribution in [0.1, 0.15) is 23.2 Å². The largest absolute Gasteiger partial charge is 0.497 e. The number of carbonyl (C=O) groups is 2. The van der Waals surface area contributed by atoms with E-state index in [4.69, 9.17) is 4.74 Å². The zero-order chi connectivity index (χ0) is 18.1. The van der Waals surface area contributed by atoms with Gasteiger partial charge in [-0.3, -0.25) is 9.59 Å². The van der Waals surface area contributed by atoms with E-state index in [1.54, 1.807) is 13.2 Å². The summed E-state index contributed by atoms with van der Waals surface area (Å²) in [5.41, 5.74) is 1.43. The average molecular weight is 350 g/mol. The molecule has 2 saturated heterocycles. The van der Waals surface area contributed by atoms with Crippen molar-refractivity contribution in [1.82, 2.24) is 4.90 Å². The van der Waals surface area contributed by atoms with Crippen LogP contribution in [0.25, 0.3) is 0 Å². The zero-order valence-corrected chi connectivity index (χ0v) is 14.9. The lowest BCUT2D eigenvalue weighted by molar-refractivity contribution is -0.117. The molecule has 0 bridgehead atoms. The summed E-state index contributed by atoms with van der Waals surface area (Å²) in [6.07, 6.45) is 1.36. The first-order valence-corrected chi connectivity index (χ1v) is 8.89. The van der Waals surface area contributed by atoms with E-state index in [9.17, 15) is 9.59 Å². The Hall–Kier alpha value is -2.82. The molecule has 1 spiro atoms. The molecule has 0 saturated carbocycles. The molecule has 0 radical (unpaired) electrons. The van der Waals surface area contributed by atoms with Crippen LogP contribution in [-0.2, 0) is 4.79 Å². The molecule has 2 amide bonds. The highest BCUT2D eigenvalue weighted by Crippen LogP contribution is 2.42. The van der Waals surface area contributed by atoms with Crippen LogP contribution in [0, 0.1) is 5.41 Å². The standard InChI is InChI=1S/C21H22N2O3/c1-26-18-9-5-6-16(12-18)20(25)22-11-10-21(14-22)13-19(24)23(15-21)17-7-3-2-4-8-17/h2-9,12H,10-11,13-15H2,1H3/t21-/m1/s1. The Labute approximate surface area is 153 Å². The van der Waals surface area contributed by atoms with Crippen LogP contribution < -0.4 is 9.64 Å². The number of likely N-dealkylation sites (tertiary alicyclic amines) is 1. The summed E-state index contributed by atoms with van der Waals surface area (Å²) in [7, 11) is 1.59.